The summed E-state index contributed by atoms with van der Waals surface area (Å²) >= 11 is 7.10. The van der Waals surface area contributed by atoms with Gasteiger partial charge in [0.15, 0.2) is 5.13 Å². The Kier molecular flexibility index (Phi) is 4.26. The van der Waals surface area contributed by atoms with Crippen LogP contribution in [-0.2, 0) is 0 Å². The standard InChI is InChI=1S/C16H12ClFN4OS/c1-7(20-16-21-8(2)13(6-19)24-16)11-4-9-3-10(17)5-12(18)14(9)22-15(11)23/h3-5,7H,1-2H3,(H,20,21)(H,22,23)/t7-/m0/s1. The molecule has 1 atom stereocenters. The number of hydrogen-bond donors (Lipinski definition) is 2. The molecule has 8 heteroatoms. The Hall–Kier alpha value is -2.43. The van der Waals surface area contributed by atoms with Gasteiger partial charge in [-0.15, -0.1) is 0 Å². The highest BCUT2D eigenvalue weighted by atomic mass is 35.5. The molecular weight excluding hydrogens is 351 g/mol. The lowest BCUT2D eigenvalue weighted by Gasteiger charge is -2.13. The van der Waals surface area contributed by atoms with Gasteiger partial charge in [0, 0.05) is 16.0 Å². The highest BCUT2D eigenvalue weighted by Crippen LogP contribution is 2.27. The Bertz CT molecular complexity index is 1040. The number of nitrogens with zero attached hydrogens (tertiary/aromatic N) is 2. The molecule has 0 aliphatic carbocycles. The van der Waals surface area contributed by atoms with Crippen molar-refractivity contribution in [3.05, 3.63) is 55.5 Å². The number of fused-ring (bicyclic) bond motifs is 1. The van der Waals surface area contributed by atoms with Crippen molar-refractivity contribution in [1.82, 2.24) is 9.97 Å². The fourth-order valence-corrected chi connectivity index (χ4v) is 3.47. The van der Waals surface area contributed by atoms with Crippen LogP contribution in [0, 0.1) is 24.1 Å². The number of pyridine rings is 1. The minimum Gasteiger partial charge on any atom is -0.355 e. The van der Waals surface area contributed by atoms with E-state index in [-0.39, 0.29) is 16.6 Å². The van der Waals surface area contributed by atoms with Crippen molar-refractivity contribution in [2.45, 2.75) is 19.9 Å². The van der Waals surface area contributed by atoms with Crippen molar-refractivity contribution in [1.29, 1.82) is 5.26 Å². The van der Waals surface area contributed by atoms with Crippen LogP contribution in [0.15, 0.2) is 23.0 Å². The maximum atomic E-state index is 13.9. The minimum absolute atomic E-state index is 0.122. The number of nitrogens with one attached hydrogen (secondary N) is 2. The summed E-state index contributed by atoms with van der Waals surface area (Å²) in [7, 11) is 0. The first-order valence-electron chi connectivity index (χ1n) is 7.05. The van der Waals surface area contributed by atoms with Crippen molar-refractivity contribution in [3.8, 4) is 6.07 Å². The number of thiazole rings is 1. The highest BCUT2D eigenvalue weighted by molar-refractivity contribution is 7.16. The van der Waals surface area contributed by atoms with Gasteiger partial charge in [0.05, 0.1) is 17.3 Å². The van der Waals surface area contributed by atoms with Gasteiger partial charge in [-0.2, -0.15) is 5.26 Å². The van der Waals surface area contributed by atoms with E-state index >= 15 is 0 Å². The third-order valence-electron chi connectivity index (χ3n) is 3.60. The van der Waals surface area contributed by atoms with Gasteiger partial charge in [-0.1, -0.05) is 22.9 Å². The number of aromatic nitrogens is 2. The van der Waals surface area contributed by atoms with Gasteiger partial charge in [-0.3, -0.25) is 4.79 Å². The quantitative estimate of drug-likeness (QED) is 0.734. The van der Waals surface area contributed by atoms with E-state index in [2.05, 4.69) is 21.4 Å². The maximum absolute atomic E-state index is 13.9. The molecule has 0 unspecified atom stereocenters. The number of hydrogen-bond acceptors (Lipinski definition) is 5. The van der Waals surface area contributed by atoms with Gasteiger partial charge in [-0.25, -0.2) is 9.37 Å². The average Bonchev–Trinajstić information content (AvgIpc) is 2.87. The lowest BCUT2D eigenvalue weighted by Crippen LogP contribution is -2.19. The predicted molar refractivity (Wildman–Crippen MR) is 93.1 cm³/mol. The molecule has 2 aromatic heterocycles. The lowest BCUT2D eigenvalue weighted by atomic mass is 10.1. The fourth-order valence-electron chi connectivity index (χ4n) is 2.40. The molecule has 3 rings (SSSR count). The number of aryl methyl sites for hydroxylation is 1. The smallest absolute Gasteiger partial charge is 0.253 e. The van der Waals surface area contributed by atoms with Crippen molar-refractivity contribution in [2.75, 3.05) is 5.32 Å². The Balaban J connectivity index is 2.00. The Labute approximate surface area is 145 Å². The third-order valence-corrected chi connectivity index (χ3v) is 4.81. The second-order valence-corrected chi connectivity index (χ2v) is 6.75. The molecule has 0 spiro atoms. The molecule has 0 amide bonds. The number of H-pyrrole nitrogens is 1. The van der Waals surface area contributed by atoms with E-state index in [0.717, 1.165) is 6.07 Å². The lowest BCUT2D eigenvalue weighted by molar-refractivity contribution is 0.636. The molecular formula is C16H12ClFN4OS. The minimum atomic E-state index is -0.573. The van der Waals surface area contributed by atoms with Gasteiger partial charge in [0.2, 0.25) is 0 Å². The monoisotopic (exact) mass is 362 g/mol. The summed E-state index contributed by atoms with van der Waals surface area (Å²) in [4.78, 5) is 19.6. The van der Waals surface area contributed by atoms with Crippen LogP contribution in [0.1, 0.15) is 29.1 Å². The van der Waals surface area contributed by atoms with E-state index in [1.165, 1.54) is 11.3 Å². The summed E-state index contributed by atoms with van der Waals surface area (Å²) in [5.41, 5.74) is 0.795. The van der Waals surface area contributed by atoms with Crippen LogP contribution in [0.3, 0.4) is 0 Å². The second-order valence-electron chi connectivity index (χ2n) is 5.32. The van der Waals surface area contributed by atoms with Crippen LogP contribution in [-0.4, -0.2) is 9.97 Å². The SMILES string of the molecule is Cc1nc(N[C@@H](C)c2cc3cc(Cl)cc(F)c3[nH]c2=O)sc1C#N. The summed E-state index contributed by atoms with van der Waals surface area (Å²) in [6, 6.07) is 6.04. The Morgan fingerprint density at radius 1 is 1.46 bits per heavy atom. The predicted octanol–water partition coefficient (Wildman–Crippen LogP) is 4.13. The number of benzene rings is 1. The van der Waals surface area contributed by atoms with Crippen molar-refractivity contribution >= 4 is 39.0 Å². The summed E-state index contributed by atoms with van der Waals surface area (Å²) in [6.07, 6.45) is 0. The molecule has 5 nitrogen and oxygen atoms in total. The summed E-state index contributed by atoms with van der Waals surface area (Å²) in [5, 5.41) is 13.4. The van der Waals surface area contributed by atoms with E-state index < -0.39 is 11.4 Å². The molecule has 0 fully saturated rings. The van der Waals surface area contributed by atoms with Gasteiger partial charge in [0.25, 0.3) is 5.56 Å². The molecule has 3 aromatic rings. The Morgan fingerprint density at radius 3 is 2.88 bits per heavy atom. The molecule has 0 radical (unpaired) electrons. The van der Waals surface area contributed by atoms with Crippen LogP contribution in [0.4, 0.5) is 9.52 Å². The van der Waals surface area contributed by atoms with Crippen LogP contribution in [0.5, 0.6) is 0 Å². The zero-order chi connectivity index (χ0) is 17.4. The molecule has 122 valence electrons. The van der Waals surface area contributed by atoms with Crippen LogP contribution in [0.2, 0.25) is 5.02 Å². The number of nitriles is 1. The number of aromatic amines is 1. The van der Waals surface area contributed by atoms with E-state index in [1.807, 2.05) is 0 Å². The molecule has 2 N–H and O–H groups in total. The topological polar surface area (TPSA) is 81.6 Å². The second kappa shape index (κ2) is 6.23. The maximum Gasteiger partial charge on any atom is 0.253 e. The number of anilines is 1. The molecule has 0 aliphatic rings. The highest BCUT2D eigenvalue weighted by Gasteiger charge is 2.15. The molecule has 1 aromatic carbocycles. The molecule has 0 aliphatic heterocycles. The fraction of sp³-hybridized carbons (Fsp3) is 0.188. The molecule has 0 bridgehead atoms. The van der Waals surface area contributed by atoms with Gasteiger partial charge < -0.3 is 10.3 Å². The van der Waals surface area contributed by atoms with Gasteiger partial charge >= 0.3 is 0 Å². The first-order chi connectivity index (χ1) is 11.4. The normalized spacial score (nSPS) is 12.1. The number of halogens is 2. The van der Waals surface area contributed by atoms with E-state index in [4.69, 9.17) is 16.9 Å². The van der Waals surface area contributed by atoms with Crippen LogP contribution < -0.4 is 10.9 Å². The van der Waals surface area contributed by atoms with Crippen LogP contribution >= 0.6 is 22.9 Å². The van der Waals surface area contributed by atoms with Crippen molar-refractivity contribution < 1.29 is 4.39 Å². The zero-order valence-electron chi connectivity index (χ0n) is 12.8. The average molecular weight is 363 g/mol. The summed E-state index contributed by atoms with van der Waals surface area (Å²) < 4.78 is 13.9. The van der Waals surface area contributed by atoms with Crippen molar-refractivity contribution in [2.24, 2.45) is 0 Å². The van der Waals surface area contributed by atoms with E-state index in [9.17, 15) is 9.18 Å². The molecule has 24 heavy (non-hydrogen) atoms. The largest absolute Gasteiger partial charge is 0.355 e. The van der Waals surface area contributed by atoms with Gasteiger partial charge in [0.1, 0.15) is 16.8 Å². The van der Waals surface area contributed by atoms with Crippen molar-refractivity contribution in [3.63, 3.8) is 0 Å². The van der Waals surface area contributed by atoms with Crippen LogP contribution in [0.25, 0.3) is 10.9 Å². The van der Waals surface area contributed by atoms with E-state index in [0.29, 0.717) is 26.7 Å². The number of rotatable bonds is 3. The molecule has 0 saturated carbocycles. The zero-order valence-corrected chi connectivity index (χ0v) is 14.3. The molecule has 2 heterocycles. The summed E-state index contributed by atoms with van der Waals surface area (Å²) in [6.45, 7) is 3.54. The van der Waals surface area contributed by atoms with Gasteiger partial charge in [-0.05, 0) is 32.0 Å². The van der Waals surface area contributed by atoms with E-state index in [1.54, 1.807) is 26.0 Å². The Morgan fingerprint density at radius 2 is 2.21 bits per heavy atom. The third kappa shape index (κ3) is 2.98. The summed E-state index contributed by atoms with van der Waals surface area (Å²) in [5.74, 6) is -0.573. The first kappa shape index (κ1) is 16.4. The molecule has 0 saturated heterocycles. The first-order valence-corrected chi connectivity index (χ1v) is 8.24.